The molecule has 0 bridgehead atoms. The van der Waals surface area contributed by atoms with E-state index in [9.17, 15) is 0 Å². The molecule has 0 radical (unpaired) electrons. The average Bonchev–Trinajstić information content (AvgIpc) is 2.95. The summed E-state index contributed by atoms with van der Waals surface area (Å²) in [5, 5.41) is 3.40. The van der Waals surface area contributed by atoms with Crippen molar-refractivity contribution in [1.29, 1.82) is 0 Å². The quantitative estimate of drug-likeness (QED) is 0.657. The highest BCUT2D eigenvalue weighted by Gasteiger charge is 2.30. The lowest BCUT2D eigenvalue weighted by molar-refractivity contribution is 0.247. The predicted molar refractivity (Wildman–Crippen MR) is 99.6 cm³/mol. The first-order valence-corrected chi connectivity index (χ1v) is 8.61. The Morgan fingerprint density at radius 1 is 1.08 bits per heavy atom. The molecule has 1 aliphatic heterocycles. The van der Waals surface area contributed by atoms with E-state index < -0.39 is 0 Å². The summed E-state index contributed by atoms with van der Waals surface area (Å²) in [6, 6.07) is 21.6. The van der Waals surface area contributed by atoms with Crippen LogP contribution in [0.3, 0.4) is 0 Å². The monoisotopic (exact) mass is 322 g/mol. The summed E-state index contributed by atoms with van der Waals surface area (Å²) in [5.41, 5.74) is 8.61. The molecule has 4 heteroatoms. The molecule has 126 valence electrons. The van der Waals surface area contributed by atoms with Crippen LogP contribution in [0.5, 0.6) is 0 Å². The molecule has 0 saturated carbocycles. The van der Waals surface area contributed by atoms with Crippen LogP contribution in [0.2, 0.25) is 0 Å². The van der Waals surface area contributed by atoms with Crippen LogP contribution in [-0.2, 0) is 13.1 Å². The van der Waals surface area contributed by atoms with Gasteiger partial charge in [-0.2, -0.15) is 0 Å². The Bertz CT molecular complexity index is 654. The Morgan fingerprint density at radius 3 is 2.38 bits per heavy atom. The van der Waals surface area contributed by atoms with Gasteiger partial charge in [0.1, 0.15) is 0 Å². The highest BCUT2D eigenvalue weighted by atomic mass is 15.2. The van der Waals surface area contributed by atoms with E-state index in [1.807, 2.05) is 18.2 Å². The molecule has 0 aromatic heterocycles. The lowest BCUT2D eigenvalue weighted by atomic mass is 10.1. The number of hydrogen-bond donors (Lipinski definition) is 2. The van der Waals surface area contributed by atoms with E-state index in [4.69, 9.17) is 5.73 Å². The van der Waals surface area contributed by atoms with Crippen LogP contribution in [0.1, 0.15) is 24.5 Å². The fraction of sp³-hybridized carbons (Fsp3) is 0.350. The minimum Gasteiger partial charge on any atom is -0.370 e. The van der Waals surface area contributed by atoms with E-state index in [2.05, 4.69) is 64.6 Å². The number of rotatable bonds is 5. The summed E-state index contributed by atoms with van der Waals surface area (Å²) >= 11 is 0. The maximum absolute atomic E-state index is 6.08. The van der Waals surface area contributed by atoms with E-state index in [0.717, 1.165) is 19.5 Å². The molecule has 1 fully saturated rings. The maximum Gasteiger partial charge on any atom is 0.189 e. The van der Waals surface area contributed by atoms with Crippen LogP contribution in [-0.4, -0.2) is 29.5 Å². The zero-order valence-corrected chi connectivity index (χ0v) is 14.2. The molecule has 1 saturated heterocycles. The molecule has 1 heterocycles. The van der Waals surface area contributed by atoms with Crippen molar-refractivity contribution in [3.05, 3.63) is 71.8 Å². The Balaban J connectivity index is 1.52. The van der Waals surface area contributed by atoms with Crippen molar-refractivity contribution in [2.45, 2.75) is 38.5 Å². The van der Waals surface area contributed by atoms with Crippen molar-refractivity contribution in [3.8, 4) is 0 Å². The van der Waals surface area contributed by atoms with Crippen molar-refractivity contribution in [1.82, 2.24) is 10.2 Å². The van der Waals surface area contributed by atoms with Gasteiger partial charge in [-0.15, -0.1) is 0 Å². The topological polar surface area (TPSA) is 53.6 Å². The van der Waals surface area contributed by atoms with Gasteiger partial charge in [0.2, 0.25) is 0 Å². The van der Waals surface area contributed by atoms with Crippen LogP contribution in [0.15, 0.2) is 65.7 Å². The molecule has 0 aliphatic carbocycles. The van der Waals surface area contributed by atoms with Gasteiger partial charge < -0.3 is 11.1 Å². The predicted octanol–water partition coefficient (Wildman–Crippen LogP) is 2.75. The van der Waals surface area contributed by atoms with Crippen LogP contribution in [0.25, 0.3) is 0 Å². The largest absolute Gasteiger partial charge is 0.370 e. The minimum absolute atomic E-state index is 0.355. The molecule has 1 aliphatic rings. The van der Waals surface area contributed by atoms with Crippen LogP contribution >= 0.6 is 0 Å². The van der Waals surface area contributed by atoms with Crippen LogP contribution < -0.4 is 11.1 Å². The molecule has 0 amide bonds. The zero-order chi connectivity index (χ0) is 16.8. The van der Waals surface area contributed by atoms with E-state index in [-0.39, 0.29) is 0 Å². The molecule has 24 heavy (non-hydrogen) atoms. The fourth-order valence-electron chi connectivity index (χ4n) is 3.23. The Kier molecular flexibility index (Phi) is 5.49. The highest BCUT2D eigenvalue weighted by molar-refractivity contribution is 5.78. The summed E-state index contributed by atoms with van der Waals surface area (Å²) < 4.78 is 0. The number of nitrogens with one attached hydrogen (secondary N) is 1. The minimum atomic E-state index is 0.355. The summed E-state index contributed by atoms with van der Waals surface area (Å²) in [6.07, 6.45) is 1.09. The van der Waals surface area contributed by atoms with Gasteiger partial charge in [0.05, 0.1) is 6.54 Å². The van der Waals surface area contributed by atoms with Crippen molar-refractivity contribution in [2.75, 3.05) is 6.54 Å². The summed E-state index contributed by atoms with van der Waals surface area (Å²) in [4.78, 5) is 6.96. The van der Waals surface area contributed by atoms with Gasteiger partial charge in [0.15, 0.2) is 5.96 Å². The zero-order valence-electron chi connectivity index (χ0n) is 14.2. The third-order valence-corrected chi connectivity index (χ3v) is 4.72. The number of benzene rings is 2. The van der Waals surface area contributed by atoms with Crippen molar-refractivity contribution < 1.29 is 0 Å². The van der Waals surface area contributed by atoms with Crippen molar-refractivity contribution >= 4 is 5.96 Å². The average molecular weight is 322 g/mol. The molecule has 2 unspecified atom stereocenters. The molecule has 0 spiro atoms. The SMILES string of the molecule is CC1C(NC(N)=NCc2ccccc2)CCN1Cc1ccccc1. The van der Waals surface area contributed by atoms with Gasteiger partial charge in [-0.3, -0.25) is 4.90 Å². The molecular weight excluding hydrogens is 296 g/mol. The first-order chi connectivity index (χ1) is 11.7. The molecular formula is C20H26N4. The van der Waals surface area contributed by atoms with Gasteiger partial charge in [0.25, 0.3) is 0 Å². The molecule has 3 N–H and O–H groups in total. The van der Waals surface area contributed by atoms with Gasteiger partial charge in [-0.25, -0.2) is 4.99 Å². The molecule has 2 aromatic rings. The second kappa shape index (κ2) is 7.97. The smallest absolute Gasteiger partial charge is 0.189 e. The Labute approximate surface area is 144 Å². The first-order valence-electron chi connectivity index (χ1n) is 8.61. The second-order valence-corrected chi connectivity index (χ2v) is 6.42. The number of hydrogen-bond acceptors (Lipinski definition) is 2. The van der Waals surface area contributed by atoms with Crippen molar-refractivity contribution in [3.63, 3.8) is 0 Å². The molecule has 3 rings (SSSR count). The Hall–Kier alpha value is -2.33. The van der Waals surface area contributed by atoms with Crippen LogP contribution in [0.4, 0.5) is 0 Å². The summed E-state index contributed by atoms with van der Waals surface area (Å²) in [5.74, 6) is 0.539. The lowest BCUT2D eigenvalue weighted by Gasteiger charge is -2.25. The summed E-state index contributed by atoms with van der Waals surface area (Å²) in [7, 11) is 0. The third kappa shape index (κ3) is 4.36. The normalized spacial score (nSPS) is 21.8. The third-order valence-electron chi connectivity index (χ3n) is 4.72. The summed E-state index contributed by atoms with van der Waals surface area (Å²) in [6.45, 7) is 4.95. The van der Waals surface area contributed by atoms with E-state index in [1.54, 1.807) is 0 Å². The van der Waals surface area contributed by atoms with Crippen molar-refractivity contribution in [2.24, 2.45) is 10.7 Å². The molecule has 2 aromatic carbocycles. The standard InChI is InChI=1S/C20H26N4/c1-16-19(12-13-24(16)15-18-10-6-3-7-11-18)23-20(21)22-14-17-8-4-2-5-9-17/h2-11,16,19H,12-15H2,1H3,(H3,21,22,23). The fourth-order valence-corrected chi connectivity index (χ4v) is 3.23. The van der Waals surface area contributed by atoms with E-state index in [1.165, 1.54) is 11.1 Å². The van der Waals surface area contributed by atoms with Gasteiger partial charge in [-0.1, -0.05) is 60.7 Å². The molecule has 2 atom stereocenters. The number of likely N-dealkylation sites (tertiary alicyclic amines) is 1. The number of guanidine groups is 1. The highest BCUT2D eigenvalue weighted by Crippen LogP contribution is 2.20. The maximum atomic E-state index is 6.08. The Morgan fingerprint density at radius 2 is 1.71 bits per heavy atom. The van der Waals surface area contributed by atoms with Crippen LogP contribution in [0, 0.1) is 0 Å². The van der Waals surface area contributed by atoms with Gasteiger partial charge in [0, 0.05) is 25.2 Å². The number of nitrogens with zero attached hydrogens (tertiary/aromatic N) is 2. The molecule has 4 nitrogen and oxygen atoms in total. The number of aliphatic imine (C=N–C) groups is 1. The van der Waals surface area contributed by atoms with E-state index in [0.29, 0.717) is 24.6 Å². The number of nitrogens with two attached hydrogens (primary N) is 1. The van der Waals surface area contributed by atoms with Gasteiger partial charge >= 0.3 is 0 Å². The first kappa shape index (κ1) is 16.5. The van der Waals surface area contributed by atoms with E-state index >= 15 is 0 Å². The second-order valence-electron chi connectivity index (χ2n) is 6.42. The lowest BCUT2D eigenvalue weighted by Crippen LogP contribution is -2.46. The van der Waals surface area contributed by atoms with Gasteiger partial charge in [-0.05, 0) is 24.5 Å².